The van der Waals surface area contributed by atoms with E-state index in [1.54, 1.807) is 16.8 Å². The van der Waals surface area contributed by atoms with Gasteiger partial charge in [-0.05, 0) is 55.3 Å². The Hall–Kier alpha value is -3.07. The minimum absolute atomic E-state index is 0.0897. The molecule has 0 saturated carbocycles. The summed E-state index contributed by atoms with van der Waals surface area (Å²) in [6, 6.07) is 8.71. The van der Waals surface area contributed by atoms with Crippen LogP contribution in [0, 0.1) is 19.3 Å². The molecule has 182 valence electrons. The lowest BCUT2D eigenvalue weighted by Crippen LogP contribution is -2.39. The first-order chi connectivity index (χ1) is 15.7. The van der Waals surface area contributed by atoms with Crippen LogP contribution >= 0.6 is 11.3 Å². The quantitative estimate of drug-likeness (QED) is 0.404. The standard InChI is InChI=1S/C25H29F3N4OS/c1-15-7-12-20(21(29)16(15)2)32(22(33)24(3,4)5)13-18-14-34-23(30-18)31(6)19-10-8-17(9-11-19)25(26,27)28/h7-12,14H,13,29H2,1-6H3. The third kappa shape index (κ3) is 5.35. The maximum atomic E-state index is 13.3. The summed E-state index contributed by atoms with van der Waals surface area (Å²) in [5.41, 5.74) is 9.44. The summed E-state index contributed by atoms with van der Waals surface area (Å²) in [6.45, 7) is 9.67. The van der Waals surface area contributed by atoms with Gasteiger partial charge in [-0.15, -0.1) is 11.3 Å². The predicted molar refractivity (Wildman–Crippen MR) is 133 cm³/mol. The summed E-state index contributed by atoms with van der Waals surface area (Å²) >= 11 is 1.35. The van der Waals surface area contributed by atoms with Gasteiger partial charge in [-0.3, -0.25) is 4.79 Å². The number of halogens is 3. The van der Waals surface area contributed by atoms with E-state index in [4.69, 9.17) is 5.73 Å². The van der Waals surface area contributed by atoms with Crippen molar-refractivity contribution in [2.75, 3.05) is 22.6 Å². The van der Waals surface area contributed by atoms with E-state index in [1.165, 1.54) is 23.5 Å². The average molecular weight is 491 g/mol. The number of benzene rings is 2. The van der Waals surface area contributed by atoms with Crippen molar-refractivity contribution in [1.82, 2.24) is 4.98 Å². The van der Waals surface area contributed by atoms with Crippen molar-refractivity contribution in [3.63, 3.8) is 0 Å². The molecule has 1 heterocycles. The van der Waals surface area contributed by atoms with Gasteiger partial charge in [-0.25, -0.2) is 4.98 Å². The molecule has 0 saturated heterocycles. The van der Waals surface area contributed by atoms with Crippen molar-refractivity contribution >= 4 is 39.4 Å². The first kappa shape index (κ1) is 25.6. The van der Waals surface area contributed by atoms with Gasteiger partial charge >= 0.3 is 6.18 Å². The molecule has 1 amide bonds. The molecule has 2 N–H and O–H groups in total. The Morgan fingerprint density at radius 2 is 1.68 bits per heavy atom. The summed E-state index contributed by atoms with van der Waals surface area (Å²) in [5.74, 6) is -0.0897. The molecule has 3 rings (SSSR count). The van der Waals surface area contributed by atoms with E-state index in [1.807, 2.05) is 52.1 Å². The van der Waals surface area contributed by atoms with Crippen molar-refractivity contribution in [3.8, 4) is 0 Å². The van der Waals surface area contributed by atoms with Gasteiger partial charge in [0.15, 0.2) is 5.13 Å². The molecule has 0 unspecified atom stereocenters. The molecule has 34 heavy (non-hydrogen) atoms. The molecule has 2 aromatic carbocycles. The second kappa shape index (κ2) is 9.29. The van der Waals surface area contributed by atoms with Gasteiger partial charge in [-0.1, -0.05) is 26.8 Å². The molecule has 3 aromatic rings. The number of aryl methyl sites for hydroxylation is 1. The number of nitrogens with two attached hydrogens (primary N) is 1. The zero-order chi connectivity index (χ0) is 25.4. The summed E-state index contributed by atoms with van der Waals surface area (Å²) in [7, 11) is 1.74. The number of nitrogens with zero attached hydrogens (tertiary/aromatic N) is 3. The van der Waals surface area contributed by atoms with Crippen LogP contribution in [0.3, 0.4) is 0 Å². The molecule has 0 fully saturated rings. The number of alkyl halides is 3. The minimum Gasteiger partial charge on any atom is -0.397 e. The number of nitrogen functional groups attached to an aromatic ring is 1. The molecule has 0 bridgehead atoms. The second-order valence-corrected chi connectivity index (χ2v) is 10.1. The van der Waals surface area contributed by atoms with Crippen LogP contribution < -0.4 is 15.5 Å². The van der Waals surface area contributed by atoms with Gasteiger partial charge in [0.25, 0.3) is 0 Å². The summed E-state index contributed by atoms with van der Waals surface area (Å²) in [5, 5.41) is 2.45. The number of thiazole rings is 1. The molecule has 0 aliphatic heterocycles. The van der Waals surface area contributed by atoms with Crippen molar-refractivity contribution in [2.45, 2.75) is 47.3 Å². The van der Waals surface area contributed by atoms with Gasteiger partial charge in [0.05, 0.1) is 29.2 Å². The topological polar surface area (TPSA) is 62.5 Å². The van der Waals surface area contributed by atoms with Gasteiger partial charge in [0.1, 0.15) is 0 Å². The Labute approximate surface area is 202 Å². The van der Waals surface area contributed by atoms with Crippen LogP contribution in [0.5, 0.6) is 0 Å². The molecular formula is C25H29F3N4OS. The van der Waals surface area contributed by atoms with Crippen LogP contribution in [0.1, 0.15) is 43.2 Å². The number of rotatable bonds is 5. The lowest BCUT2D eigenvalue weighted by Gasteiger charge is -2.30. The zero-order valence-corrected chi connectivity index (χ0v) is 20.9. The van der Waals surface area contributed by atoms with Crippen molar-refractivity contribution in [1.29, 1.82) is 0 Å². The highest BCUT2D eigenvalue weighted by Crippen LogP contribution is 2.35. The third-order valence-electron chi connectivity index (χ3n) is 5.67. The van der Waals surface area contributed by atoms with E-state index in [0.717, 1.165) is 23.3 Å². The molecule has 0 aliphatic carbocycles. The Balaban J connectivity index is 1.90. The van der Waals surface area contributed by atoms with E-state index in [-0.39, 0.29) is 12.5 Å². The fraction of sp³-hybridized carbons (Fsp3) is 0.360. The Morgan fingerprint density at radius 1 is 1.06 bits per heavy atom. The van der Waals surface area contributed by atoms with Gasteiger partial charge in [0.2, 0.25) is 5.91 Å². The molecule has 0 aliphatic rings. The van der Waals surface area contributed by atoms with Crippen LogP contribution in [-0.4, -0.2) is 17.9 Å². The Morgan fingerprint density at radius 3 is 2.24 bits per heavy atom. The lowest BCUT2D eigenvalue weighted by molar-refractivity contribution is -0.137. The molecule has 0 radical (unpaired) electrons. The number of carbonyl (C=O) groups is 1. The zero-order valence-electron chi connectivity index (χ0n) is 20.1. The summed E-state index contributed by atoms with van der Waals surface area (Å²) in [6.07, 6.45) is -4.38. The van der Waals surface area contributed by atoms with Gasteiger partial charge < -0.3 is 15.5 Å². The van der Waals surface area contributed by atoms with Crippen LogP contribution in [0.4, 0.5) is 35.4 Å². The largest absolute Gasteiger partial charge is 0.416 e. The normalized spacial score (nSPS) is 12.0. The van der Waals surface area contributed by atoms with Crippen LogP contribution in [0.25, 0.3) is 0 Å². The van der Waals surface area contributed by atoms with Crippen LogP contribution in [0.15, 0.2) is 41.8 Å². The highest BCUT2D eigenvalue weighted by Gasteiger charge is 2.31. The van der Waals surface area contributed by atoms with E-state index < -0.39 is 17.2 Å². The number of amides is 1. The fourth-order valence-electron chi connectivity index (χ4n) is 3.40. The Bertz CT molecular complexity index is 1180. The van der Waals surface area contributed by atoms with Crippen molar-refractivity contribution < 1.29 is 18.0 Å². The second-order valence-electron chi connectivity index (χ2n) is 9.31. The number of anilines is 4. The van der Waals surface area contributed by atoms with E-state index >= 15 is 0 Å². The highest BCUT2D eigenvalue weighted by atomic mass is 32.1. The van der Waals surface area contributed by atoms with Crippen molar-refractivity contribution in [3.05, 3.63) is 64.2 Å². The number of hydrogen-bond donors (Lipinski definition) is 1. The number of aromatic nitrogens is 1. The Kier molecular flexibility index (Phi) is 6.98. The predicted octanol–water partition coefficient (Wildman–Crippen LogP) is 6.71. The van der Waals surface area contributed by atoms with E-state index in [2.05, 4.69) is 4.98 Å². The monoisotopic (exact) mass is 490 g/mol. The molecule has 1 aromatic heterocycles. The van der Waals surface area contributed by atoms with Crippen LogP contribution in [0.2, 0.25) is 0 Å². The minimum atomic E-state index is -4.38. The number of carbonyl (C=O) groups excluding carboxylic acids is 1. The van der Waals surface area contributed by atoms with Crippen molar-refractivity contribution in [2.24, 2.45) is 5.41 Å². The summed E-state index contributed by atoms with van der Waals surface area (Å²) < 4.78 is 38.6. The smallest absolute Gasteiger partial charge is 0.397 e. The molecule has 5 nitrogen and oxygen atoms in total. The maximum Gasteiger partial charge on any atom is 0.416 e. The van der Waals surface area contributed by atoms with E-state index in [0.29, 0.717) is 27.9 Å². The third-order valence-corrected chi connectivity index (χ3v) is 6.63. The molecule has 9 heteroatoms. The van der Waals surface area contributed by atoms with E-state index in [9.17, 15) is 18.0 Å². The van der Waals surface area contributed by atoms with Gasteiger partial charge in [0, 0.05) is 23.5 Å². The molecule has 0 spiro atoms. The highest BCUT2D eigenvalue weighted by molar-refractivity contribution is 7.13. The maximum absolute atomic E-state index is 13.3. The molecule has 0 atom stereocenters. The first-order valence-electron chi connectivity index (χ1n) is 10.7. The fourth-order valence-corrected chi connectivity index (χ4v) is 4.20. The van der Waals surface area contributed by atoms with Crippen LogP contribution in [-0.2, 0) is 17.5 Å². The lowest BCUT2D eigenvalue weighted by atomic mass is 9.93. The van der Waals surface area contributed by atoms with Gasteiger partial charge in [-0.2, -0.15) is 13.2 Å². The first-order valence-corrected chi connectivity index (χ1v) is 11.6. The summed E-state index contributed by atoms with van der Waals surface area (Å²) in [4.78, 5) is 21.3. The number of hydrogen-bond acceptors (Lipinski definition) is 5. The molecular weight excluding hydrogens is 461 g/mol. The average Bonchev–Trinajstić information content (AvgIpc) is 3.23. The SMILES string of the molecule is Cc1ccc(N(Cc2csc(N(C)c3ccc(C(F)(F)F)cc3)n2)C(=O)C(C)(C)C)c(N)c1C.